The first-order valence-corrected chi connectivity index (χ1v) is 7.20. The number of hydrogen-bond donors (Lipinski definition) is 0. The van der Waals surface area contributed by atoms with Gasteiger partial charge in [-0.05, 0) is 40.9 Å². The summed E-state index contributed by atoms with van der Waals surface area (Å²) in [5, 5.41) is 0. The van der Waals surface area contributed by atoms with E-state index < -0.39 is 0 Å². The fourth-order valence-corrected chi connectivity index (χ4v) is 2.46. The van der Waals surface area contributed by atoms with E-state index in [1.54, 1.807) is 0 Å². The van der Waals surface area contributed by atoms with E-state index >= 15 is 0 Å². The van der Waals surface area contributed by atoms with Crippen LogP contribution in [0.3, 0.4) is 0 Å². The second-order valence-electron chi connectivity index (χ2n) is 4.34. The molecule has 0 aromatic carbocycles. The molecular weight excluding hydrogens is 290 g/mol. The van der Waals surface area contributed by atoms with Crippen LogP contribution in [0.5, 0.6) is 0 Å². The minimum Gasteiger partial charge on any atom is -0.370 e. The van der Waals surface area contributed by atoms with Crippen molar-refractivity contribution in [1.29, 1.82) is 0 Å². The second kappa shape index (κ2) is 6.14. The van der Waals surface area contributed by atoms with Crippen molar-refractivity contribution in [3.05, 3.63) is 29.0 Å². The number of aromatic nitrogens is 2. The summed E-state index contributed by atoms with van der Waals surface area (Å²) in [7, 11) is 0. The average Bonchev–Trinajstić information content (AvgIpc) is 2.37. The van der Waals surface area contributed by atoms with Gasteiger partial charge in [0.25, 0.3) is 0 Å². The molecule has 0 atom stereocenters. The zero-order chi connectivity index (χ0) is 13.0. The van der Waals surface area contributed by atoms with Crippen LogP contribution in [-0.4, -0.2) is 23.1 Å². The van der Waals surface area contributed by atoms with Crippen molar-refractivity contribution in [3.63, 3.8) is 0 Å². The SMILES string of the molecule is CCCN(CCC)c1ccnc2cc(Br)cnc12. The standard InChI is InChI=1S/C14H18BrN3/c1-3-7-18(8-4-2)13-5-6-16-12-9-11(15)10-17-14(12)13/h5-6,9-10H,3-4,7-8H2,1-2H3. The van der Waals surface area contributed by atoms with Crippen molar-refractivity contribution in [2.24, 2.45) is 0 Å². The normalized spacial score (nSPS) is 10.8. The maximum absolute atomic E-state index is 4.52. The molecule has 4 heteroatoms. The summed E-state index contributed by atoms with van der Waals surface area (Å²) in [4.78, 5) is 11.3. The van der Waals surface area contributed by atoms with E-state index in [2.05, 4.69) is 50.7 Å². The van der Waals surface area contributed by atoms with E-state index in [-0.39, 0.29) is 0 Å². The predicted molar refractivity (Wildman–Crippen MR) is 80.0 cm³/mol. The molecule has 0 bridgehead atoms. The van der Waals surface area contributed by atoms with Crippen LogP contribution in [0.15, 0.2) is 29.0 Å². The highest BCUT2D eigenvalue weighted by Crippen LogP contribution is 2.25. The third-order valence-electron chi connectivity index (χ3n) is 2.85. The Morgan fingerprint density at radius 1 is 1.17 bits per heavy atom. The van der Waals surface area contributed by atoms with E-state index in [0.717, 1.165) is 41.4 Å². The number of hydrogen-bond acceptors (Lipinski definition) is 3. The summed E-state index contributed by atoms with van der Waals surface area (Å²) in [5.41, 5.74) is 3.12. The van der Waals surface area contributed by atoms with E-state index in [4.69, 9.17) is 0 Å². The van der Waals surface area contributed by atoms with E-state index in [9.17, 15) is 0 Å². The Morgan fingerprint density at radius 2 is 1.89 bits per heavy atom. The van der Waals surface area contributed by atoms with Crippen molar-refractivity contribution in [2.45, 2.75) is 26.7 Å². The lowest BCUT2D eigenvalue weighted by Gasteiger charge is -2.24. The Labute approximate surface area is 116 Å². The molecule has 2 aromatic rings. The number of nitrogens with zero attached hydrogens (tertiary/aromatic N) is 3. The van der Waals surface area contributed by atoms with E-state index in [1.807, 2.05) is 18.5 Å². The van der Waals surface area contributed by atoms with Gasteiger partial charge in [0.1, 0.15) is 5.52 Å². The largest absolute Gasteiger partial charge is 0.370 e. The number of halogens is 1. The summed E-state index contributed by atoms with van der Waals surface area (Å²) >= 11 is 3.44. The maximum atomic E-state index is 4.52. The maximum Gasteiger partial charge on any atom is 0.112 e. The quantitative estimate of drug-likeness (QED) is 0.835. The number of pyridine rings is 2. The molecular formula is C14H18BrN3. The molecule has 0 amide bonds. The zero-order valence-electron chi connectivity index (χ0n) is 10.9. The van der Waals surface area contributed by atoms with Gasteiger partial charge < -0.3 is 4.90 Å². The van der Waals surface area contributed by atoms with Crippen LogP contribution in [-0.2, 0) is 0 Å². The van der Waals surface area contributed by atoms with Crippen molar-refractivity contribution in [1.82, 2.24) is 9.97 Å². The Morgan fingerprint density at radius 3 is 2.56 bits per heavy atom. The van der Waals surface area contributed by atoms with Crippen molar-refractivity contribution < 1.29 is 0 Å². The van der Waals surface area contributed by atoms with Crippen LogP contribution in [0.2, 0.25) is 0 Å². The highest BCUT2D eigenvalue weighted by atomic mass is 79.9. The Bertz CT molecular complexity index is 521. The first-order chi connectivity index (χ1) is 8.76. The van der Waals surface area contributed by atoms with Crippen LogP contribution >= 0.6 is 15.9 Å². The van der Waals surface area contributed by atoms with E-state index in [0.29, 0.717) is 0 Å². The molecule has 2 aromatic heterocycles. The van der Waals surface area contributed by atoms with Gasteiger partial charge in [0, 0.05) is 30.0 Å². The van der Waals surface area contributed by atoms with Crippen molar-refractivity contribution in [3.8, 4) is 0 Å². The van der Waals surface area contributed by atoms with Gasteiger partial charge in [-0.2, -0.15) is 0 Å². The van der Waals surface area contributed by atoms with Gasteiger partial charge in [-0.1, -0.05) is 13.8 Å². The lowest BCUT2D eigenvalue weighted by Crippen LogP contribution is -2.25. The fraction of sp³-hybridized carbons (Fsp3) is 0.429. The molecule has 0 spiro atoms. The monoisotopic (exact) mass is 307 g/mol. The molecule has 96 valence electrons. The first-order valence-electron chi connectivity index (χ1n) is 6.41. The highest BCUT2D eigenvalue weighted by Gasteiger charge is 2.10. The number of anilines is 1. The van der Waals surface area contributed by atoms with Crippen LogP contribution < -0.4 is 4.90 Å². The number of rotatable bonds is 5. The summed E-state index contributed by atoms with van der Waals surface area (Å²) in [6.07, 6.45) is 5.98. The van der Waals surface area contributed by atoms with Gasteiger partial charge in [-0.25, -0.2) is 0 Å². The van der Waals surface area contributed by atoms with Gasteiger partial charge in [-0.15, -0.1) is 0 Å². The molecule has 0 N–H and O–H groups in total. The first kappa shape index (κ1) is 13.3. The Hall–Kier alpha value is -1.16. The third kappa shape index (κ3) is 2.80. The van der Waals surface area contributed by atoms with E-state index in [1.165, 1.54) is 5.69 Å². The highest BCUT2D eigenvalue weighted by molar-refractivity contribution is 9.10. The molecule has 2 rings (SSSR count). The van der Waals surface area contributed by atoms with Crippen LogP contribution in [0.4, 0.5) is 5.69 Å². The Kier molecular flexibility index (Phi) is 4.53. The lowest BCUT2D eigenvalue weighted by atomic mass is 10.2. The zero-order valence-corrected chi connectivity index (χ0v) is 12.4. The second-order valence-corrected chi connectivity index (χ2v) is 5.25. The van der Waals surface area contributed by atoms with Crippen LogP contribution in [0.1, 0.15) is 26.7 Å². The van der Waals surface area contributed by atoms with Gasteiger partial charge >= 0.3 is 0 Å². The number of fused-ring (bicyclic) bond motifs is 1. The van der Waals surface area contributed by atoms with Gasteiger partial charge in [0.2, 0.25) is 0 Å². The molecule has 0 saturated carbocycles. The summed E-state index contributed by atoms with van der Waals surface area (Å²) in [5.74, 6) is 0. The molecule has 0 aliphatic heterocycles. The van der Waals surface area contributed by atoms with Crippen molar-refractivity contribution in [2.75, 3.05) is 18.0 Å². The van der Waals surface area contributed by atoms with Gasteiger partial charge in [0.05, 0.1) is 11.2 Å². The molecule has 0 aliphatic carbocycles. The fourth-order valence-electron chi connectivity index (χ4n) is 2.14. The Balaban J connectivity index is 2.48. The van der Waals surface area contributed by atoms with Gasteiger partial charge in [-0.3, -0.25) is 9.97 Å². The average molecular weight is 308 g/mol. The molecule has 0 unspecified atom stereocenters. The summed E-state index contributed by atoms with van der Waals surface area (Å²) in [6, 6.07) is 4.08. The van der Waals surface area contributed by atoms with Crippen molar-refractivity contribution >= 4 is 32.7 Å². The summed E-state index contributed by atoms with van der Waals surface area (Å²) in [6.45, 7) is 6.53. The smallest absolute Gasteiger partial charge is 0.112 e. The molecule has 18 heavy (non-hydrogen) atoms. The minimum absolute atomic E-state index is 0.944. The molecule has 0 radical (unpaired) electrons. The molecule has 2 heterocycles. The van der Waals surface area contributed by atoms with Crippen LogP contribution in [0.25, 0.3) is 11.0 Å². The minimum atomic E-state index is 0.944. The predicted octanol–water partition coefficient (Wildman–Crippen LogP) is 4.02. The van der Waals surface area contributed by atoms with Crippen LogP contribution in [0, 0.1) is 0 Å². The molecule has 3 nitrogen and oxygen atoms in total. The van der Waals surface area contributed by atoms with Gasteiger partial charge in [0.15, 0.2) is 0 Å². The molecule has 0 saturated heterocycles. The third-order valence-corrected chi connectivity index (χ3v) is 3.28. The molecule has 0 aliphatic rings. The summed E-state index contributed by atoms with van der Waals surface area (Å²) < 4.78 is 0.970. The lowest BCUT2D eigenvalue weighted by molar-refractivity contribution is 0.746. The molecule has 0 fully saturated rings. The topological polar surface area (TPSA) is 29.0 Å².